The maximum atomic E-state index is 5.79. The average Bonchev–Trinajstić information content (AvgIpc) is 2.55. The van der Waals surface area contributed by atoms with Crippen LogP contribution in [0.4, 0.5) is 0 Å². The number of nitrogens with one attached hydrogen (secondary N) is 1. The summed E-state index contributed by atoms with van der Waals surface area (Å²) < 4.78 is 5.37. The summed E-state index contributed by atoms with van der Waals surface area (Å²) in [6, 6.07) is 0. The SMILES string of the molecule is CN(C)NC(C)(CN)C1CCOC1. The molecular weight excluding hydrogens is 166 g/mol. The highest BCUT2D eigenvalue weighted by Crippen LogP contribution is 2.24. The van der Waals surface area contributed by atoms with Crippen molar-refractivity contribution in [3.05, 3.63) is 0 Å². The Kier molecular flexibility index (Phi) is 3.67. The summed E-state index contributed by atoms with van der Waals surface area (Å²) >= 11 is 0. The van der Waals surface area contributed by atoms with Crippen molar-refractivity contribution >= 4 is 0 Å². The molecule has 1 fully saturated rings. The highest BCUT2D eigenvalue weighted by Gasteiger charge is 2.35. The van der Waals surface area contributed by atoms with E-state index in [1.165, 1.54) is 0 Å². The van der Waals surface area contributed by atoms with Crippen LogP contribution in [0, 0.1) is 5.92 Å². The van der Waals surface area contributed by atoms with Gasteiger partial charge in [0.15, 0.2) is 0 Å². The first-order valence-corrected chi connectivity index (χ1v) is 4.81. The second kappa shape index (κ2) is 4.37. The molecule has 78 valence electrons. The van der Waals surface area contributed by atoms with Gasteiger partial charge in [-0.05, 0) is 13.3 Å². The molecule has 1 aliphatic rings. The normalized spacial score (nSPS) is 27.9. The van der Waals surface area contributed by atoms with Crippen molar-refractivity contribution in [3.63, 3.8) is 0 Å². The molecule has 0 aromatic heterocycles. The minimum Gasteiger partial charge on any atom is -0.381 e. The summed E-state index contributed by atoms with van der Waals surface area (Å²) in [7, 11) is 3.98. The van der Waals surface area contributed by atoms with Gasteiger partial charge in [-0.15, -0.1) is 0 Å². The second-order valence-electron chi connectivity index (χ2n) is 4.19. The van der Waals surface area contributed by atoms with Crippen molar-refractivity contribution in [2.45, 2.75) is 18.9 Å². The maximum absolute atomic E-state index is 5.79. The van der Waals surface area contributed by atoms with Gasteiger partial charge < -0.3 is 10.5 Å². The zero-order valence-corrected chi connectivity index (χ0v) is 8.84. The molecule has 0 saturated carbocycles. The van der Waals surface area contributed by atoms with E-state index in [0.717, 1.165) is 19.6 Å². The zero-order valence-electron chi connectivity index (χ0n) is 8.84. The van der Waals surface area contributed by atoms with Crippen molar-refractivity contribution in [2.24, 2.45) is 11.7 Å². The molecule has 1 saturated heterocycles. The molecule has 1 rings (SSSR count). The van der Waals surface area contributed by atoms with Crippen LogP contribution < -0.4 is 11.2 Å². The molecule has 2 unspecified atom stereocenters. The second-order valence-corrected chi connectivity index (χ2v) is 4.19. The van der Waals surface area contributed by atoms with Crippen LogP contribution in [0.2, 0.25) is 0 Å². The first-order chi connectivity index (χ1) is 6.08. The van der Waals surface area contributed by atoms with E-state index in [4.69, 9.17) is 10.5 Å². The Morgan fingerprint density at radius 2 is 2.31 bits per heavy atom. The summed E-state index contributed by atoms with van der Waals surface area (Å²) in [6.07, 6.45) is 1.11. The number of ether oxygens (including phenoxy) is 1. The van der Waals surface area contributed by atoms with Gasteiger partial charge in [-0.25, -0.2) is 5.43 Å². The number of hydrazine groups is 1. The van der Waals surface area contributed by atoms with Crippen molar-refractivity contribution in [1.29, 1.82) is 0 Å². The predicted molar refractivity (Wildman–Crippen MR) is 53.2 cm³/mol. The lowest BCUT2D eigenvalue weighted by molar-refractivity contribution is 0.102. The van der Waals surface area contributed by atoms with Crippen LogP contribution >= 0.6 is 0 Å². The van der Waals surface area contributed by atoms with Crippen molar-refractivity contribution < 1.29 is 4.74 Å². The average molecular weight is 187 g/mol. The predicted octanol–water partition coefficient (Wildman–Crippen LogP) is -0.193. The van der Waals surface area contributed by atoms with E-state index in [9.17, 15) is 0 Å². The molecule has 0 aromatic rings. The number of nitrogens with zero attached hydrogens (tertiary/aromatic N) is 1. The molecule has 0 bridgehead atoms. The molecule has 1 heterocycles. The molecule has 0 aromatic carbocycles. The monoisotopic (exact) mass is 187 g/mol. The van der Waals surface area contributed by atoms with Gasteiger partial charge in [0.05, 0.1) is 6.61 Å². The minimum absolute atomic E-state index is 0.0278. The van der Waals surface area contributed by atoms with Crippen LogP contribution in [0.3, 0.4) is 0 Å². The third kappa shape index (κ3) is 2.64. The molecule has 4 nitrogen and oxygen atoms in total. The van der Waals surface area contributed by atoms with Crippen LogP contribution in [0.5, 0.6) is 0 Å². The quantitative estimate of drug-likeness (QED) is 0.599. The standard InChI is InChI=1S/C9H21N3O/c1-9(7-10,11-12(2)3)8-4-5-13-6-8/h8,11H,4-7,10H2,1-3H3. The maximum Gasteiger partial charge on any atom is 0.0513 e. The first-order valence-electron chi connectivity index (χ1n) is 4.81. The third-order valence-electron chi connectivity index (χ3n) is 2.73. The van der Waals surface area contributed by atoms with E-state index >= 15 is 0 Å². The third-order valence-corrected chi connectivity index (χ3v) is 2.73. The lowest BCUT2D eigenvalue weighted by Crippen LogP contribution is -2.58. The largest absolute Gasteiger partial charge is 0.381 e. The molecule has 3 N–H and O–H groups in total. The van der Waals surface area contributed by atoms with Gasteiger partial charge in [0, 0.05) is 38.7 Å². The smallest absolute Gasteiger partial charge is 0.0513 e. The fraction of sp³-hybridized carbons (Fsp3) is 1.00. The lowest BCUT2D eigenvalue weighted by atomic mass is 9.85. The lowest BCUT2D eigenvalue weighted by Gasteiger charge is -2.37. The van der Waals surface area contributed by atoms with Gasteiger partial charge in [-0.3, -0.25) is 5.01 Å². The van der Waals surface area contributed by atoms with E-state index in [1.807, 2.05) is 19.1 Å². The molecule has 0 aliphatic carbocycles. The molecular formula is C9H21N3O. The molecule has 0 amide bonds. The Balaban J connectivity index is 2.55. The van der Waals surface area contributed by atoms with E-state index < -0.39 is 0 Å². The number of nitrogens with two attached hydrogens (primary N) is 1. The van der Waals surface area contributed by atoms with E-state index in [1.54, 1.807) is 0 Å². The Hall–Kier alpha value is -0.160. The van der Waals surface area contributed by atoms with Gasteiger partial charge in [-0.2, -0.15) is 0 Å². The number of hydrogen-bond acceptors (Lipinski definition) is 4. The van der Waals surface area contributed by atoms with Crippen molar-refractivity contribution in [1.82, 2.24) is 10.4 Å². The van der Waals surface area contributed by atoms with Crippen LogP contribution in [0.15, 0.2) is 0 Å². The Morgan fingerprint density at radius 3 is 2.69 bits per heavy atom. The number of hydrogen-bond donors (Lipinski definition) is 2. The van der Waals surface area contributed by atoms with E-state index in [0.29, 0.717) is 12.5 Å². The van der Waals surface area contributed by atoms with Gasteiger partial charge in [-0.1, -0.05) is 0 Å². The minimum atomic E-state index is -0.0278. The first kappa shape index (κ1) is 10.9. The Bertz CT molecular complexity index is 157. The van der Waals surface area contributed by atoms with Crippen molar-refractivity contribution in [3.8, 4) is 0 Å². The zero-order chi connectivity index (χ0) is 9.90. The van der Waals surface area contributed by atoms with Crippen LogP contribution in [0.25, 0.3) is 0 Å². The van der Waals surface area contributed by atoms with Gasteiger partial charge >= 0.3 is 0 Å². The Morgan fingerprint density at radius 1 is 1.62 bits per heavy atom. The molecule has 1 aliphatic heterocycles. The molecule has 4 heteroatoms. The molecule has 0 spiro atoms. The van der Waals surface area contributed by atoms with Crippen molar-refractivity contribution in [2.75, 3.05) is 33.9 Å². The van der Waals surface area contributed by atoms with E-state index in [-0.39, 0.29) is 5.54 Å². The van der Waals surface area contributed by atoms with Gasteiger partial charge in [0.1, 0.15) is 0 Å². The summed E-state index contributed by atoms with van der Waals surface area (Å²) in [4.78, 5) is 0. The Labute approximate surface area is 80.4 Å². The summed E-state index contributed by atoms with van der Waals surface area (Å²) in [6.45, 7) is 4.50. The van der Waals surface area contributed by atoms with Crippen LogP contribution in [-0.4, -0.2) is 44.4 Å². The van der Waals surface area contributed by atoms with Crippen LogP contribution in [-0.2, 0) is 4.74 Å². The van der Waals surface area contributed by atoms with Gasteiger partial charge in [0.2, 0.25) is 0 Å². The van der Waals surface area contributed by atoms with Crippen LogP contribution in [0.1, 0.15) is 13.3 Å². The summed E-state index contributed by atoms with van der Waals surface area (Å²) in [5.74, 6) is 0.528. The van der Waals surface area contributed by atoms with Gasteiger partial charge in [0.25, 0.3) is 0 Å². The fourth-order valence-corrected chi connectivity index (χ4v) is 1.85. The topological polar surface area (TPSA) is 50.5 Å². The highest BCUT2D eigenvalue weighted by atomic mass is 16.5. The highest BCUT2D eigenvalue weighted by molar-refractivity contribution is 4.91. The van der Waals surface area contributed by atoms with E-state index in [2.05, 4.69) is 12.3 Å². The molecule has 13 heavy (non-hydrogen) atoms. The molecule has 0 radical (unpaired) electrons. The number of rotatable bonds is 4. The fourth-order valence-electron chi connectivity index (χ4n) is 1.85. The molecule has 2 atom stereocenters. The summed E-state index contributed by atoms with van der Waals surface area (Å²) in [5.41, 5.74) is 9.14. The summed E-state index contributed by atoms with van der Waals surface area (Å²) in [5, 5.41) is 1.96.